The van der Waals surface area contributed by atoms with Crippen molar-refractivity contribution in [1.29, 1.82) is 0 Å². The first-order valence-corrected chi connectivity index (χ1v) is 6.79. The maximum Gasteiger partial charge on any atom is 0.335 e. The molecular weight excluding hydrogens is 298 g/mol. The Morgan fingerprint density at radius 1 is 1.17 bits per heavy atom. The third kappa shape index (κ3) is 4.93. The van der Waals surface area contributed by atoms with Gasteiger partial charge in [-0.15, -0.1) is 0 Å². The van der Waals surface area contributed by atoms with E-state index < -0.39 is 5.63 Å². The van der Waals surface area contributed by atoms with Gasteiger partial charge in [0.1, 0.15) is 12.9 Å². The minimum absolute atomic E-state index is 0.160. The number of carbonyl (C=O) groups is 1. The Kier molecular flexibility index (Phi) is 5.83. The van der Waals surface area contributed by atoms with E-state index in [4.69, 9.17) is 9.47 Å². The summed E-state index contributed by atoms with van der Waals surface area (Å²) in [7, 11) is 1.56. The van der Waals surface area contributed by atoms with Crippen LogP contribution in [0.5, 0.6) is 11.5 Å². The highest BCUT2D eigenvalue weighted by Crippen LogP contribution is 2.25. The van der Waals surface area contributed by atoms with Crippen LogP contribution in [0, 0.1) is 11.8 Å². The van der Waals surface area contributed by atoms with Crippen LogP contribution < -0.4 is 20.4 Å². The van der Waals surface area contributed by atoms with Crippen LogP contribution in [0.3, 0.4) is 0 Å². The third-order valence-electron chi connectivity index (χ3n) is 2.79. The molecule has 0 radical (unpaired) electrons. The first kappa shape index (κ1) is 16.2. The number of para-hydroxylation sites is 2. The molecule has 0 aliphatic carbocycles. The molecule has 23 heavy (non-hydrogen) atoms. The Bertz CT molecular complexity index is 765. The molecule has 118 valence electrons. The molecule has 0 fully saturated rings. The van der Waals surface area contributed by atoms with E-state index in [0.29, 0.717) is 11.5 Å². The van der Waals surface area contributed by atoms with Crippen molar-refractivity contribution in [2.45, 2.75) is 0 Å². The fraction of sp³-hybridized carbons (Fsp3) is 0.176. The number of hydrogen-bond donors (Lipinski definition) is 1. The van der Waals surface area contributed by atoms with Crippen molar-refractivity contribution >= 4 is 5.91 Å². The van der Waals surface area contributed by atoms with Gasteiger partial charge < -0.3 is 19.2 Å². The molecule has 1 N–H and O–H groups in total. The predicted molar refractivity (Wildman–Crippen MR) is 83.6 cm³/mol. The lowest BCUT2D eigenvalue weighted by Gasteiger charge is -2.07. The summed E-state index contributed by atoms with van der Waals surface area (Å²) < 4.78 is 15.2. The van der Waals surface area contributed by atoms with Crippen LogP contribution in [-0.2, 0) is 0 Å². The molecule has 0 atom stereocenters. The predicted octanol–water partition coefficient (Wildman–Crippen LogP) is 1.46. The Morgan fingerprint density at radius 3 is 2.65 bits per heavy atom. The van der Waals surface area contributed by atoms with E-state index in [1.807, 2.05) is 12.1 Å². The molecule has 0 bridgehead atoms. The number of nitrogens with one attached hydrogen (secondary N) is 1. The van der Waals surface area contributed by atoms with Crippen molar-refractivity contribution in [2.75, 3.05) is 20.3 Å². The molecular formula is C17H15NO5. The van der Waals surface area contributed by atoms with E-state index in [2.05, 4.69) is 21.6 Å². The van der Waals surface area contributed by atoms with E-state index in [1.165, 1.54) is 12.1 Å². The van der Waals surface area contributed by atoms with E-state index in [1.54, 1.807) is 19.2 Å². The SMILES string of the molecule is COc1ccccc1OCC#CCNC(=O)c1ccc(=O)oc1. The average molecular weight is 313 g/mol. The first-order valence-electron chi connectivity index (χ1n) is 6.79. The molecule has 1 amide bonds. The summed E-state index contributed by atoms with van der Waals surface area (Å²) in [4.78, 5) is 22.5. The molecule has 1 aromatic carbocycles. The zero-order chi connectivity index (χ0) is 16.5. The quantitative estimate of drug-likeness (QED) is 0.846. The van der Waals surface area contributed by atoms with Crippen LogP contribution in [-0.4, -0.2) is 26.2 Å². The minimum atomic E-state index is -0.505. The standard InChI is InChI=1S/C17H15NO5/c1-21-14-6-2-3-7-15(14)22-11-5-4-10-18-17(20)13-8-9-16(19)23-12-13/h2-3,6-9,12H,10-11H2,1H3,(H,18,20). The van der Waals surface area contributed by atoms with Gasteiger partial charge in [0.25, 0.3) is 5.91 Å². The van der Waals surface area contributed by atoms with Gasteiger partial charge >= 0.3 is 5.63 Å². The Morgan fingerprint density at radius 2 is 1.96 bits per heavy atom. The normalized spacial score (nSPS) is 9.43. The minimum Gasteiger partial charge on any atom is -0.493 e. The molecule has 0 aliphatic rings. The zero-order valence-electron chi connectivity index (χ0n) is 12.5. The van der Waals surface area contributed by atoms with Crippen LogP contribution >= 0.6 is 0 Å². The summed E-state index contributed by atoms with van der Waals surface area (Å²) in [5.74, 6) is 6.42. The van der Waals surface area contributed by atoms with Crippen molar-refractivity contribution < 1.29 is 18.7 Å². The van der Waals surface area contributed by atoms with Gasteiger partial charge in [-0.1, -0.05) is 24.0 Å². The van der Waals surface area contributed by atoms with Crippen LogP contribution in [0.1, 0.15) is 10.4 Å². The second-order valence-electron chi connectivity index (χ2n) is 4.32. The van der Waals surface area contributed by atoms with Crippen molar-refractivity contribution in [2.24, 2.45) is 0 Å². The number of rotatable bonds is 5. The molecule has 0 saturated heterocycles. The van der Waals surface area contributed by atoms with Gasteiger partial charge in [-0.25, -0.2) is 4.79 Å². The molecule has 0 aliphatic heterocycles. The van der Waals surface area contributed by atoms with Crippen molar-refractivity contribution in [3.63, 3.8) is 0 Å². The highest BCUT2D eigenvalue weighted by atomic mass is 16.5. The molecule has 0 saturated carbocycles. The largest absolute Gasteiger partial charge is 0.493 e. The molecule has 1 aromatic heterocycles. The number of benzene rings is 1. The fourth-order valence-corrected chi connectivity index (χ4v) is 1.68. The van der Waals surface area contributed by atoms with E-state index in [-0.39, 0.29) is 24.6 Å². The monoisotopic (exact) mass is 313 g/mol. The third-order valence-corrected chi connectivity index (χ3v) is 2.79. The number of hydrogen-bond acceptors (Lipinski definition) is 5. The van der Waals surface area contributed by atoms with E-state index in [0.717, 1.165) is 6.26 Å². The summed E-state index contributed by atoms with van der Waals surface area (Å²) in [6.07, 6.45) is 1.11. The van der Waals surface area contributed by atoms with Crippen molar-refractivity contribution in [3.8, 4) is 23.3 Å². The lowest BCUT2D eigenvalue weighted by atomic mass is 10.3. The van der Waals surface area contributed by atoms with Gasteiger partial charge in [0, 0.05) is 6.07 Å². The van der Waals surface area contributed by atoms with Gasteiger partial charge in [0.05, 0.1) is 19.2 Å². The van der Waals surface area contributed by atoms with Gasteiger partial charge in [0.2, 0.25) is 0 Å². The van der Waals surface area contributed by atoms with Crippen molar-refractivity contribution in [3.05, 3.63) is 58.6 Å². The van der Waals surface area contributed by atoms with Crippen LogP contribution in [0.2, 0.25) is 0 Å². The number of amides is 1. The van der Waals surface area contributed by atoms with Crippen LogP contribution in [0.25, 0.3) is 0 Å². The Hall–Kier alpha value is -3.20. The van der Waals surface area contributed by atoms with Crippen LogP contribution in [0.15, 0.2) is 51.9 Å². The smallest absolute Gasteiger partial charge is 0.335 e. The molecule has 1 heterocycles. The van der Waals surface area contributed by atoms with Gasteiger partial charge in [-0.2, -0.15) is 0 Å². The summed E-state index contributed by atoms with van der Waals surface area (Å²) in [6, 6.07) is 9.83. The second-order valence-corrected chi connectivity index (χ2v) is 4.32. The topological polar surface area (TPSA) is 77.8 Å². The summed E-state index contributed by atoms with van der Waals surface area (Å²) in [5.41, 5.74) is -0.244. The number of ether oxygens (including phenoxy) is 2. The maximum atomic E-state index is 11.7. The second kappa shape index (κ2) is 8.29. The van der Waals surface area contributed by atoms with E-state index >= 15 is 0 Å². The highest BCUT2D eigenvalue weighted by Gasteiger charge is 2.04. The summed E-state index contributed by atoms with van der Waals surface area (Å²) in [6.45, 7) is 0.337. The van der Waals surface area contributed by atoms with E-state index in [9.17, 15) is 9.59 Å². The Balaban J connectivity index is 1.77. The van der Waals surface area contributed by atoms with Gasteiger partial charge in [0.15, 0.2) is 11.5 Å². The van der Waals surface area contributed by atoms with Gasteiger partial charge in [-0.3, -0.25) is 4.79 Å². The number of methoxy groups -OCH3 is 1. The molecule has 6 heteroatoms. The average Bonchev–Trinajstić information content (AvgIpc) is 2.58. The summed E-state index contributed by atoms with van der Waals surface area (Å²) >= 11 is 0. The van der Waals surface area contributed by atoms with Crippen LogP contribution in [0.4, 0.5) is 0 Å². The highest BCUT2D eigenvalue weighted by molar-refractivity contribution is 5.93. The fourth-order valence-electron chi connectivity index (χ4n) is 1.68. The molecule has 6 nitrogen and oxygen atoms in total. The molecule has 2 aromatic rings. The molecule has 0 spiro atoms. The maximum absolute atomic E-state index is 11.7. The van der Waals surface area contributed by atoms with Gasteiger partial charge in [-0.05, 0) is 18.2 Å². The Labute approximate surface area is 133 Å². The summed E-state index contributed by atoms with van der Waals surface area (Å²) in [5, 5.41) is 2.58. The first-order chi connectivity index (χ1) is 11.2. The lowest BCUT2D eigenvalue weighted by Crippen LogP contribution is -2.23. The molecule has 0 unspecified atom stereocenters. The number of carbonyl (C=O) groups excluding carboxylic acids is 1. The zero-order valence-corrected chi connectivity index (χ0v) is 12.5. The molecule has 2 rings (SSSR count). The lowest BCUT2D eigenvalue weighted by molar-refractivity contribution is 0.0956. The van der Waals surface area contributed by atoms with Crippen molar-refractivity contribution in [1.82, 2.24) is 5.32 Å².